The Bertz CT molecular complexity index is 831. The first kappa shape index (κ1) is 18.5. The first-order chi connectivity index (χ1) is 13.7. The zero-order valence-electron chi connectivity index (χ0n) is 16.1. The molecular weight excluding hydrogens is 350 g/mol. The Morgan fingerprint density at radius 1 is 0.964 bits per heavy atom. The molecule has 0 unspecified atom stereocenters. The summed E-state index contributed by atoms with van der Waals surface area (Å²) in [4.78, 5) is 29.2. The first-order valence-electron chi connectivity index (χ1n) is 10.2. The molecule has 4 rings (SSSR count). The molecule has 1 aliphatic carbocycles. The third-order valence-electron chi connectivity index (χ3n) is 5.68. The van der Waals surface area contributed by atoms with E-state index in [-0.39, 0.29) is 17.9 Å². The van der Waals surface area contributed by atoms with Crippen molar-refractivity contribution in [3.63, 3.8) is 0 Å². The number of amides is 3. The van der Waals surface area contributed by atoms with E-state index in [1.807, 2.05) is 64.4 Å². The molecule has 1 aliphatic heterocycles. The number of nitrogens with one attached hydrogen (secondary N) is 1. The normalized spacial score (nSPS) is 17.8. The van der Waals surface area contributed by atoms with Crippen LogP contribution in [0.1, 0.15) is 37.7 Å². The van der Waals surface area contributed by atoms with Gasteiger partial charge in [-0.2, -0.15) is 0 Å². The molecule has 0 bridgehead atoms. The third-order valence-corrected chi connectivity index (χ3v) is 5.68. The quantitative estimate of drug-likeness (QED) is 0.825. The van der Waals surface area contributed by atoms with Crippen molar-refractivity contribution in [2.75, 3.05) is 23.3 Å². The van der Waals surface area contributed by atoms with Gasteiger partial charge in [0.15, 0.2) is 0 Å². The molecule has 1 saturated carbocycles. The Morgan fingerprint density at radius 2 is 1.75 bits per heavy atom. The molecule has 0 radical (unpaired) electrons. The second kappa shape index (κ2) is 8.46. The molecule has 0 spiro atoms. The topological polar surface area (TPSA) is 52.7 Å². The lowest BCUT2D eigenvalue weighted by molar-refractivity contribution is -0.119. The van der Waals surface area contributed by atoms with E-state index in [2.05, 4.69) is 5.32 Å². The lowest BCUT2D eigenvalue weighted by Crippen LogP contribution is -2.49. The minimum atomic E-state index is 0.0226. The summed E-state index contributed by atoms with van der Waals surface area (Å²) in [6, 6.07) is 17.8. The SMILES string of the molecule is O=C(Nc1cccc(N2CCCN(Cc3ccccc3)C2=O)c1)C1CCCC1. The number of carbonyl (C=O) groups excluding carboxylic acids is 2. The van der Waals surface area contributed by atoms with Crippen molar-refractivity contribution in [2.45, 2.75) is 38.6 Å². The van der Waals surface area contributed by atoms with E-state index in [4.69, 9.17) is 0 Å². The van der Waals surface area contributed by atoms with Crippen LogP contribution in [0.15, 0.2) is 54.6 Å². The predicted molar refractivity (Wildman–Crippen MR) is 111 cm³/mol. The molecule has 0 aromatic heterocycles. The zero-order chi connectivity index (χ0) is 19.3. The number of hydrogen-bond donors (Lipinski definition) is 1. The Morgan fingerprint density at radius 3 is 2.54 bits per heavy atom. The largest absolute Gasteiger partial charge is 0.326 e. The van der Waals surface area contributed by atoms with Crippen LogP contribution in [0.2, 0.25) is 0 Å². The minimum absolute atomic E-state index is 0.0226. The average molecular weight is 377 g/mol. The molecule has 1 heterocycles. The summed E-state index contributed by atoms with van der Waals surface area (Å²) < 4.78 is 0. The van der Waals surface area contributed by atoms with Crippen LogP contribution in [0.5, 0.6) is 0 Å². The van der Waals surface area contributed by atoms with E-state index in [1.54, 1.807) is 0 Å². The fourth-order valence-corrected chi connectivity index (χ4v) is 4.16. The van der Waals surface area contributed by atoms with E-state index in [0.717, 1.165) is 55.6 Å². The van der Waals surface area contributed by atoms with Gasteiger partial charge in [-0.1, -0.05) is 49.2 Å². The van der Waals surface area contributed by atoms with Gasteiger partial charge in [0.2, 0.25) is 5.91 Å². The number of anilines is 2. The van der Waals surface area contributed by atoms with Crippen molar-refractivity contribution in [2.24, 2.45) is 5.92 Å². The Labute approximate surface area is 166 Å². The predicted octanol–water partition coefficient (Wildman–Crippen LogP) is 4.65. The first-order valence-corrected chi connectivity index (χ1v) is 10.2. The number of nitrogens with zero attached hydrogens (tertiary/aromatic N) is 2. The van der Waals surface area contributed by atoms with Crippen LogP contribution in [-0.2, 0) is 11.3 Å². The lowest BCUT2D eigenvalue weighted by atomic mass is 10.1. The van der Waals surface area contributed by atoms with Gasteiger partial charge in [0.25, 0.3) is 0 Å². The van der Waals surface area contributed by atoms with Crippen molar-refractivity contribution >= 4 is 23.3 Å². The molecule has 28 heavy (non-hydrogen) atoms. The van der Waals surface area contributed by atoms with Crippen molar-refractivity contribution < 1.29 is 9.59 Å². The van der Waals surface area contributed by atoms with Gasteiger partial charge in [0.1, 0.15) is 0 Å². The smallest absolute Gasteiger partial charge is 0.324 e. The summed E-state index contributed by atoms with van der Waals surface area (Å²) in [5.74, 6) is 0.229. The van der Waals surface area contributed by atoms with Crippen LogP contribution in [0.3, 0.4) is 0 Å². The van der Waals surface area contributed by atoms with Crippen LogP contribution in [-0.4, -0.2) is 29.9 Å². The summed E-state index contributed by atoms with van der Waals surface area (Å²) in [6.07, 6.45) is 5.15. The van der Waals surface area contributed by atoms with E-state index in [1.165, 1.54) is 0 Å². The Kier molecular flexibility index (Phi) is 5.60. The van der Waals surface area contributed by atoms with E-state index in [9.17, 15) is 9.59 Å². The number of hydrogen-bond acceptors (Lipinski definition) is 2. The molecule has 146 valence electrons. The Hall–Kier alpha value is -2.82. The van der Waals surface area contributed by atoms with Crippen molar-refractivity contribution in [1.29, 1.82) is 0 Å². The standard InChI is InChI=1S/C23H27N3O2/c27-22(19-10-4-5-11-19)24-20-12-6-13-21(16-20)26-15-7-14-25(23(26)28)17-18-8-2-1-3-9-18/h1-3,6,8-9,12-13,16,19H,4-5,7,10-11,14-15,17H2,(H,24,27). The monoisotopic (exact) mass is 377 g/mol. The minimum Gasteiger partial charge on any atom is -0.326 e. The van der Waals surface area contributed by atoms with Gasteiger partial charge in [-0.05, 0) is 43.0 Å². The lowest BCUT2D eigenvalue weighted by Gasteiger charge is -2.36. The van der Waals surface area contributed by atoms with Gasteiger partial charge in [0.05, 0.1) is 0 Å². The fraction of sp³-hybridized carbons (Fsp3) is 0.391. The Balaban J connectivity index is 1.45. The molecule has 5 heteroatoms. The van der Waals surface area contributed by atoms with Gasteiger partial charge in [-0.3, -0.25) is 9.69 Å². The van der Waals surface area contributed by atoms with Crippen LogP contribution in [0.25, 0.3) is 0 Å². The highest BCUT2D eigenvalue weighted by Crippen LogP contribution is 2.28. The number of carbonyl (C=O) groups is 2. The molecule has 2 aliphatic rings. The van der Waals surface area contributed by atoms with Gasteiger partial charge in [0, 0.05) is 36.9 Å². The summed E-state index contributed by atoms with van der Waals surface area (Å²) in [6.45, 7) is 2.08. The van der Waals surface area contributed by atoms with Gasteiger partial charge in [-0.25, -0.2) is 4.79 Å². The summed E-state index contributed by atoms with van der Waals surface area (Å²) >= 11 is 0. The van der Waals surface area contributed by atoms with Gasteiger partial charge >= 0.3 is 6.03 Å². The molecule has 5 nitrogen and oxygen atoms in total. The van der Waals surface area contributed by atoms with Crippen LogP contribution in [0, 0.1) is 5.92 Å². The highest BCUT2D eigenvalue weighted by atomic mass is 16.2. The van der Waals surface area contributed by atoms with Crippen molar-refractivity contribution in [3.05, 3.63) is 60.2 Å². The molecular formula is C23H27N3O2. The van der Waals surface area contributed by atoms with Crippen LogP contribution < -0.4 is 10.2 Å². The molecule has 2 aromatic carbocycles. The zero-order valence-corrected chi connectivity index (χ0v) is 16.1. The molecule has 0 atom stereocenters. The highest BCUT2D eigenvalue weighted by molar-refractivity contribution is 5.96. The number of benzene rings is 2. The van der Waals surface area contributed by atoms with Crippen LogP contribution >= 0.6 is 0 Å². The van der Waals surface area contributed by atoms with E-state index < -0.39 is 0 Å². The maximum atomic E-state index is 13.0. The maximum Gasteiger partial charge on any atom is 0.324 e. The van der Waals surface area contributed by atoms with E-state index >= 15 is 0 Å². The van der Waals surface area contributed by atoms with Crippen molar-refractivity contribution in [1.82, 2.24) is 4.90 Å². The average Bonchev–Trinajstić information content (AvgIpc) is 3.26. The second-order valence-corrected chi connectivity index (χ2v) is 7.72. The highest BCUT2D eigenvalue weighted by Gasteiger charge is 2.27. The second-order valence-electron chi connectivity index (χ2n) is 7.72. The van der Waals surface area contributed by atoms with E-state index in [0.29, 0.717) is 13.1 Å². The van der Waals surface area contributed by atoms with Crippen LogP contribution in [0.4, 0.5) is 16.2 Å². The molecule has 1 N–H and O–H groups in total. The van der Waals surface area contributed by atoms with Crippen molar-refractivity contribution in [3.8, 4) is 0 Å². The third kappa shape index (κ3) is 4.19. The maximum absolute atomic E-state index is 13.0. The summed E-state index contributed by atoms with van der Waals surface area (Å²) in [7, 11) is 0. The number of urea groups is 1. The van der Waals surface area contributed by atoms with Gasteiger partial charge < -0.3 is 10.2 Å². The number of rotatable bonds is 5. The van der Waals surface area contributed by atoms with Gasteiger partial charge in [-0.15, -0.1) is 0 Å². The molecule has 3 amide bonds. The molecule has 1 saturated heterocycles. The summed E-state index contributed by atoms with van der Waals surface area (Å²) in [5.41, 5.74) is 2.74. The molecule has 2 aromatic rings. The molecule has 2 fully saturated rings. The summed E-state index contributed by atoms with van der Waals surface area (Å²) in [5, 5.41) is 3.04. The fourth-order valence-electron chi connectivity index (χ4n) is 4.16.